The van der Waals surface area contributed by atoms with E-state index in [4.69, 9.17) is 5.11 Å². The highest BCUT2D eigenvalue weighted by Gasteiger charge is 2.64. The quantitative estimate of drug-likeness (QED) is 0.897. The molecular formula is C16H17F3N4O3. The molecule has 7 nitrogen and oxygen atoms in total. The predicted molar refractivity (Wildman–Crippen MR) is 84.6 cm³/mol. The van der Waals surface area contributed by atoms with Crippen molar-refractivity contribution in [1.29, 1.82) is 0 Å². The van der Waals surface area contributed by atoms with Gasteiger partial charge in [-0.05, 0) is 26.3 Å². The third-order valence-electron chi connectivity index (χ3n) is 4.68. The maximum Gasteiger partial charge on any atom is 0.406 e. The number of aromatic nitrogens is 3. The predicted octanol–water partition coefficient (Wildman–Crippen LogP) is 2.49. The highest BCUT2D eigenvalue weighted by molar-refractivity contribution is 5.97. The van der Waals surface area contributed by atoms with Gasteiger partial charge in [0.15, 0.2) is 11.1 Å². The SMILES string of the molecule is CC(C)n1ncc2cc(C(=O)N3CCC(C(=O)O)(C(F)(F)F)C3)cnc21. The molecule has 0 spiro atoms. The number of hydrogen-bond acceptors (Lipinski definition) is 4. The Balaban J connectivity index is 1.89. The van der Waals surface area contributed by atoms with Crippen LogP contribution in [0.1, 0.15) is 36.7 Å². The van der Waals surface area contributed by atoms with E-state index in [1.54, 1.807) is 4.68 Å². The van der Waals surface area contributed by atoms with Gasteiger partial charge in [0, 0.05) is 30.7 Å². The molecule has 1 aliphatic heterocycles. The van der Waals surface area contributed by atoms with Gasteiger partial charge in [-0.1, -0.05) is 0 Å². The van der Waals surface area contributed by atoms with E-state index in [1.807, 2.05) is 13.8 Å². The van der Waals surface area contributed by atoms with Gasteiger partial charge in [0.25, 0.3) is 5.91 Å². The van der Waals surface area contributed by atoms with Crippen molar-refractivity contribution in [2.75, 3.05) is 13.1 Å². The number of carbonyl (C=O) groups is 2. The van der Waals surface area contributed by atoms with Crippen molar-refractivity contribution in [3.8, 4) is 0 Å². The highest BCUT2D eigenvalue weighted by atomic mass is 19.4. The van der Waals surface area contributed by atoms with Crippen LogP contribution in [0.2, 0.25) is 0 Å². The van der Waals surface area contributed by atoms with Gasteiger partial charge in [0.2, 0.25) is 0 Å². The number of aliphatic carboxylic acids is 1. The van der Waals surface area contributed by atoms with Crippen LogP contribution in [0.3, 0.4) is 0 Å². The van der Waals surface area contributed by atoms with Gasteiger partial charge in [-0.15, -0.1) is 0 Å². The Kier molecular flexibility index (Phi) is 4.16. The number of carboxylic acids is 1. The van der Waals surface area contributed by atoms with Gasteiger partial charge in [-0.2, -0.15) is 18.3 Å². The summed E-state index contributed by atoms with van der Waals surface area (Å²) in [6.45, 7) is 2.64. The van der Waals surface area contributed by atoms with E-state index in [0.29, 0.717) is 11.0 Å². The van der Waals surface area contributed by atoms with Crippen LogP contribution < -0.4 is 0 Å². The van der Waals surface area contributed by atoms with Crippen LogP contribution in [0.4, 0.5) is 13.2 Å². The molecule has 0 aliphatic carbocycles. The summed E-state index contributed by atoms with van der Waals surface area (Å²) in [5, 5.41) is 13.8. The average molecular weight is 370 g/mol. The first-order valence-electron chi connectivity index (χ1n) is 7.99. The van der Waals surface area contributed by atoms with Crippen LogP contribution in [0.25, 0.3) is 11.0 Å². The number of hydrogen-bond donors (Lipinski definition) is 1. The second-order valence-electron chi connectivity index (χ2n) is 6.68. The van der Waals surface area contributed by atoms with Crippen molar-refractivity contribution in [2.45, 2.75) is 32.5 Å². The summed E-state index contributed by atoms with van der Waals surface area (Å²) < 4.78 is 41.4. The van der Waals surface area contributed by atoms with Crippen LogP contribution in [-0.4, -0.2) is 55.9 Å². The van der Waals surface area contributed by atoms with Crippen LogP contribution in [0.5, 0.6) is 0 Å². The molecule has 3 rings (SSSR count). The summed E-state index contributed by atoms with van der Waals surface area (Å²) in [5.74, 6) is -2.64. The number of fused-ring (bicyclic) bond motifs is 1. The van der Waals surface area contributed by atoms with Crippen molar-refractivity contribution in [3.05, 3.63) is 24.0 Å². The van der Waals surface area contributed by atoms with Crippen LogP contribution in [0.15, 0.2) is 18.5 Å². The third-order valence-corrected chi connectivity index (χ3v) is 4.68. The molecule has 1 unspecified atom stereocenters. The summed E-state index contributed by atoms with van der Waals surface area (Å²) in [5.41, 5.74) is -2.26. The highest BCUT2D eigenvalue weighted by Crippen LogP contribution is 2.46. The first kappa shape index (κ1) is 18.2. The minimum Gasteiger partial charge on any atom is -0.481 e. The molecule has 1 N–H and O–H groups in total. The van der Waals surface area contributed by atoms with E-state index >= 15 is 0 Å². The van der Waals surface area contributed by atoms with Crippen molar-refractivity contribution < 1.29 is 27.9 Å². The first-order chi connectivity index (χ1) is 12.1. The maximum absolute atomic E-state index is 13.3. The van der Waals surface area contributed by atoms with Crippen molar-refractivity contribution in [3.63, 3.8) is 0 Å². The normalized spacial score (nSPS) is 20.9. The monoisotopic (exact) mass is 370 g/mol. The lowest BCUT2D eigenvalue weighted by molar-refractivity contribution is -0.227. The Morgan fingerprint density at radius 2 is 2.00 bits per heavy atom. The van der Waals surface area contributed by atoms with E-state index in [2.05, 4.69) is 10.1 Å². The molecule has 1 atom stereocenters. The third kappa shape index (κ3) is 2.69. The van der Waals surface area contributed by atoms with Crippen LogP contribution in [0, 0.1) is 5.41 Å². The molecule has 26 heavy (non-hydrogen) atoms. The van der Waals surface area contributed by atoms with Crippen molar-refractivity contribution >= 4 is 22.9 Å². The standard InChI is InChI=1S/C16H17F3N4O3/c1-9(2)23-12-10(7-21-23)5-11(6-20-12)13(24)22-4-3-15(8-22,14(25)26)16(17,18)19/h5-7,9H,3-4,8H2,1-2H3,(H,25,26). The summed E-state index contributed by atoms with van der Waals surface area (Å²) >= 11 is 0. The molecule has 1 aliphatic rings. The Labute approximate surface area is 146 Å². The summed E-state index contributed by atoms with van der Waals surface area (Å²) in [6, 6.07) is 1.56. The van der Waals surface area contributed by atoms with Gasteiger partial charge in [-0.3, -0.25) is 9.59 Å². The summed E-state index contributed by atoms with van der Waals surface area (Å²) in [4.78, 5) is 28.9. The van der Waals surface area contributed by atoms with Crippen LogP contribution >= 0.6 is 0 Å². The molecule has 0 radical (unpaired) electrons. The zero-order valence-electron chi connectivity index (χ0n) is 14.1. The Hall–Kier alpha value is -2.65. The summed E-state index contributed by atoms with van der Waals surface area (Å²) in [6.07, 6.45) is -2.80. The Bertz CT molecular complexity index is 877. The second kappa shape index (κ2) is 5.96. The molecule has 1 amide bonds. The largest absolute Gasteiger partial charge is 0.481 e. The first-order valence-corrected chi connectivity index (χ1v) is 7.99. The molecular weight excluding hydrogens is 353 g/mol. The summed E-state index contributed by atoms with van der Waals surface area (Å²) in [7, 11) is 0. The second-order valence-corrected chi connectivity index (χ2v) is 6.68. The number of rotatable bonds is 3. The number of likely N-dealkylation sites (tertiary alicyclic amines) is 1. The van der Waals surface area contributed by atoms with Gasteiger partial charge >= 0.3 is 12.1 Å². The number of halogens is 3. The molecule has 1 fully saturated rings. The fourth-order valence-corrected chi connectivity index (χ4v) is 3.13. The zero-order valence-corrected chi connectivity index (χ0v) is 14.1. The van der Waals surface area contributed by atoms with Crippen molar-refractivity contribution in [2.24, 2.45) is 5.41 Å². The number of pyridine rings is 1. The van der Waals surface area contributed by atoms with E-state index in [0.717, 1.165) is 4.90 Å². The van der Waals surface area contributed by atoms with E-state index in [9.17, 15) is 22.8 Å². The molecule has 0 bridgehead atoms. The number of nitrogens with zero attached hydrogens (tertiary/aromatic N) is 4. The number of carboxylic acid groups (broad SMARTS) is 1. The lowest BCUT2D eigenvalue weighted by atomic mass is 9.86. The lowest BCUT2D eigenvalue weighted by Gasteiger charge is -2.27. The number of alkyl halides is 3. The maximum atomic E-state index is 13.3. The minimum absolute atomic E-state index is 0.0584. The molecule has 1 saturated heterocycles. The molecule has 3 heterocycles. The smallest absolute Gasteiger partial charge is 0.406 e. The van der Waals surface area contributed by atoms with Crippen LogP contribution in [-0.2, 0) is 4.79 Å². The minimum atomic E-state index is -4.94. The van der Waals surface area contributed by atoms with E-state index in [1.165, 1.54) is 18.5 Å². The molecule has 0 aromatic carbocycles. The number of amides is 1. The molecule has 0 saturated carbocycles. The molecule has 10 heteroatoms. The fourth-order valence-electron chi connectivity index (χ4n) is 3.13. The molecule has 140 valence electrons. The molecule has 2 aromatic rings. The number of carbonyl (C=O) groups excluding carboxylic acids is 1. The van der Waals surface area contributed by atoms with Gasteiger partial charge < -0.3 is 10.0 Å². The lowest BCUT2D eigenvalue weighted by Crippen LogP contribution is -2.47. The van der Waals surface area contributed by atoms with E-state index in [-0.39, 0.29) is 18.2 Å². The van der Waals surface area contributed by atoms with Gasteiger partial charge in [0.1, 0.15) is 0 Å². The van der Waals surface area contributed by atoms with Crippen molar-refractivity contribution in [1.82, 2.24) is 19.7 Å². The Morgan fingerprint density at radius 3 is 2.54 bits per heavy atom. The fraction of sp³-hybridized carbons (Fsp3) is 0.500. The average Bonchev–Trinajstić information content (AvgIpc) is 3.18. The topological polar surface area (TPSA) is 88.3 Å². The molecule has 2 aromatic heterocycles. The van der Waals surface area contributed by atoms with Gasteiger partial charge in [-0.25, -0.2) is 9.67 Å². The van der Waals surface area contributed by atoms with Gasteiger partial charge in [0.05, 0.1) is 11.8 Å². The zero-order chi connectivity index (χ0) is 19.3. The Morgan fingerprint density at radius 1 is 1.31 bits per heavy atom. The van der Waals surface area contributed by atoms with E-state index < -0.39 is 36.4 Å².